The van der Waals surface area contributed by atoms with Crippen LogP contribution in [0.3, 0.4) is 0 Å². The Morgan fingerprint density at radius 3 is 2.80 bits per heavy atom. The lowest BCUT2D eigenvalue weighted by Crippen LogP contribution is -2.36. The minimum atomic E-state index is -0.307. The lowest BCUT2D eigenvalue weighted by Gasteiger charge is -2.20. The van der Waals surface area contributed by atoms with Crippen LogP contribution in [0, 0.1) is 5.82 Å². The standard InChI is InChI=1S/C14H18ClFN4/c1-14(2,3)18-7-13-17-9-19-20(13)8-10-6-11(16)4-5-12(10)15/h4-6,9,18H,7-8H2,1-3H3. The molecule has 1 heterocycles. The second-order valence-corrected chi connectivity index (χ2v) is 6.08. The predicted octanol–water partition coefficient (Wildman–Crippen LogP) is 3.01. The highest BCUT2D eigenvalue weighted by molar-refractivity contribution is 6.31. The van der Waals surface area contributed by atoms with Crippen LogP contribution in [-0.4, -0.2) is 20.3 Å². The van der Waals surface area contributed by atoms with Crippen molar-refractivity contribution in [1.82, 2.24) is 20.1 Å². The van der Waals surface area contributed by atoms with Gasteiger partial charge in [-0.05, 0) is 44.5 Å². The van der Waals surface area contributed by atoms with Crippen molar-refractivity contribution in [2.45, 2.75) is 39.4 Å². The first kappa shape index (κ1) is 14.9. The largest absolute Gasteiger partial charge is 0.305 e. The molecule has 0 saturated heterocycles. The molecule has 0 aliphatic carbocycles. The summed E-state index contributed by atoms with van der Waals surface area (Å²) in [5.74, 6) is 0.485. The van der Waals surface area contributed by atoms with E-state index < -0.39 is 0 Å². The summed E-state index contributed by atoms with van der Waals surface area (Å²) in [7, 11) is 0. The van der Waals surface area contributed by atoms with Gasteiger partial charge in [0.2, 0.25) is 0 Å². The second-order valence-electron chi connectivity index (χ2n) is 5.67. The van der Waals surface area contributed by atoms with Crippen LogP contribution in [0.25, 0.3) is 0 Å². The lowest BCUT2D eigenvalue weighted by atomic mass is 10.1. The zero-order valence-electron chi connectivity index (χ0n) is 11.8. The highest BCUT2D eigenvalue weighted by Crippen LogP contribution is 2.18. The quantitative estimate of drug-likeness (QED) is 0.943. The molecule has 6 heteroatoms. The number of rotatable bonds is 4. The minimum Gasteiger partial charge on any atom is -0.305 e. The normalized spacial score (nSPS) is 11.8. The van der Waals surface area contributed by atoms with Gasteiger partial charge in [-0.25, -0.2) is 14.1 Å². The van der Waals surface area contributed by atoms with Gasteiger partial charge in [0.05, 0.1) is 13.1 Å². The van der Waals surface area contributed by atoms with E-state index in [1.165, 1.54) is 18.5 Å². The van der Waals surface area contributed by atoms with Gasteiger partial charge in [0, 0.05) is 10.6 Å². The molecule has 0 radical (unpaired) electrons. The molecule has 0 saturated carbocycles. The first-order chi connectivity index (χ1) is 9.35. The second kappa shape index (κ2) is 5.89. The molecule has 0 aliphatic rings. The molecule has 0 spiro atoms. The summed E-state index contributed by atoms with van der Waals surface area (Å²) >= 11 is 6.07. The fraction of sp³-hybridized carbons (Fsp3) is 0.429. The monoisotopic (exact) mass is 296 g/mol. The molecule has 108 valence electrons. The fourth-order valence-electron chi connectivity index (χ4n) is 1.73. The van der Waals surface area contributed by atoms with E-state index in [-0.39, 0.29) is 11.4 Å². The van der Waals surface area contributed by atoms with Crippen molar-refractivity contribution in [1.29, 1.82) is 0 Å². The van der Waals surface area contributed by atoms with Crippen molar-refractivity contribution in [2.75, 3.05) is 0 Å². The molecule has 1 aromatic carbocycles. The first-order valence-corrected chi connectivity index (χ1v) is 6.78. The molecule has 1 aromatic heterocycles. The molecule has 0 unspecified atom stereocenters. The highest BCUT2D eigenvalue weighted by Gasteiger charge is 2.12. The third-order valence-electron chi connectivity index (χ3n) is 2.80. The summed E-state index contributed by atoms with van der Waals surface area (Å²) in [6.45, 7) is 7.24. The Bertz CT molecular complexity index is 589. The van der Waals surface area contributed by atoms with Crippen LogP contribution >= 0.6 is 11.6 Å². The van der Waals surface area contributed by atoms with Crippen LogP contribution in [0.1, 0.15) is 32.2 Å². The Balaban J connectivity index is 2.14. The Labute approximate surface area is 123 Å². The van der Waals surface area contributed by atoms with Crippen LogP contribution in [-0.2, 0) is 13.1 Å². The number of nitrogens with zero attached hydrogens (tertiary/aromatic N) is 3. The Hall–Kier alpha value is -1.46. The molecular weight excluding hydrogens is 279 g/mol. The fourth-order valence-corrected chi connectivity index (χ4v) is 1.90. The zero-order valence-corrected chi connectivity index (χ0v) is 12.6. The zero-order chi connectivity index (χ0) is 14.8. The molecule has 0 atom stereocenters. The van der Waals surface area contributed by atoms with Gasteiger partial charge in [0.1, 0.15) is 18.0 Å². The SMILES string of the molecule is CC(C)(C)NCc1ncnn1Cc1cc(F)ccc1Cl. The van der Waals surface area contributed by atoms with Crippen molar-refractivity contribution >= 4 is 11.6 Å². The molecule has 2 aromatic rings. The molecule has 0 aliphatic heterocycles. The minimum absolute atomic E-state index is 0.00667. The number of nitrogens with one attached hydrogen (secondary N) is 1. The van der Waals surface area contributed by atoms with Crippen molar-refractivity contribution in [3.05, 3.63) is 46.8 Å². The maximum Gasteiger partial charge on any atom is 0.141 e. The average Bonchev–Trinajstić information content (AvgIpc) is 2.78. The number of aromatic nitrogens is 3. The van der Waals surface area contributed by atoms with E-state index >= 15 is 0 Å². The Morgan fingerprint density at radius 2 is 2.10 bits per heavy atom. The molecule has 0 fully saturated rings. The van der Waals surface area contributed by atoms with Crippen LogP contribution in [0.4, 0.5) is 4.39 Å². The van der Waals surface area contributed by atoms with Crippen LogP contribution < -0.4 is 5.32 Å². The van der Waals surface area contributed by atoms with Crippen molar-refractivity contribution in [2.24, 2.45) is 0 Å². The summed E-state index contributed by atoms with van der Waals surface area (Å²) in [6, 6.07) is 4.32. The van der Waals surface area contributed by atoms with E-state index in [1.807, 2.05) is 0 Å². The highest BCUT2D eigenvalue weighted by atomic mass is 35.5. The molecule has 20 heavy (non-hydrogen) atoms. The van der Waals surface area contributed by atoms with E-state index in [1.54, 1.807) is 10.7 Å². The lowest BCUT2D eigenvalue weighted by molar-refractivity contribution is 0.410. The van der Waals surface area contributed by atoms with E-state index in [4.69, 9.17) is 11.6 Å². The van der Waals surface area contributed by atoms with E-state index in [0.717, 1.165) is 5.82 Å². The summed E-state index contributed by atoms with van der Waals surface area (Å²) in [6.07, 6.45) is 1.49. The van der Waals surface area contributed by atoms with Crippen LogP contribution in [0.15, 0.2) is 24.5 Å². The number of benzene rings is 1. The van der Waals surface area contributed by atoms with Gasteiger partial charge in [0.25, 0.3) is 0 Å². The Kier molecular flexibility index (Phi) is 4.40. The number of hydrogen-bond acceptors (Lipinski definition) is 3. The topological polar surface area (TPSA) is 42.7 Å². The first-order valence-electron chi connectivity index (χ1n) is 6.41. The summed E-state index contributed by atoms with van der Waals surface area (Å²) in [5, 5.41) is 8.04. The van der Waals surface area contributed by atoms with Crippen LogP contribution in [0.2, 0.25) is 5.02 Å². The van der Waals surface area contributed by atoms with Crippen molar-refractivity contribution in [3.8, 4) is 0 Å². The van der Waals surface area contributed by atoms with Gasteiger partial charge in [-0.3, -0.25) is 0 Å². The summed E-state index contributed by atoms with van der Waals surface area (Å²) < 4.78 is 15.0. The van der Waals surface area contributed by atoms with Gasteiger partial charge < -0.3 is 5.32 Å². The molecule has 2 rings (SSSR count). The summed E-state index contributed by atoms with van der Waals surface area (Å²) in [5.41, 5.74) is 0.682. The molecule has 1 N–H and O–H groups in total. The third-order valence-corrected chi connectivity index (χ3v) is 3.17. The van der Waals surface area contributed by atoms with E-state index in [2.05, 4.69) is 36.2 Å². The maximum absolute atomic E-state index is 13.3. The van der Waals surface area contributed by atoms with Crippen LogP contribution in [0.5, 0.6) is 0 Å². The van der Waals surface area contributed by atoms with Gasteiger partial charge >= 0.3 is 0 Å². The Morgan fingerprint density at radius 1 is 1.35 bits per heavy atom. The van der Waals surface area contributed by atoms with Crippen molar-refractivity contribution in [3.63, 3.8) is 0 Å². The number of halogens is 2. The predicted molar refractivity (Wildman–Crippen MR) is 77.1 cm³/mol. The maximum atomic E-state index is 13.3. The number of hydrogen-bond donors (Lipinski definition) is 1. The summed E-state index contributed by atoms with van der Waals surface area (Å²) in [4.78, 5) is 4.22. The van der Waals surface area contributed by atoms with Gasteiger partial charge in [-0.15, -0.1) is 0 Å². The van der Waals surface area contributed by atoms with Gasteiger partial charge in [0.15, 0.2) is 0 Å². The van der Waals surface area contributed by atoms with Gasteiger partial charge in [-0.1, -0.05) is 11.6 Å². The molecule has 0 amide bonds. The van der Waals surface area contributed by atoms with E-state index in [0.29, 0.717) is 23.7 Å². The molecular formula is C14H18ClFN4. The molecule has 0 bridgehead atoms. The third kappa shape index (κ3) is 4.02. The van der Waals surface area contributed by atoms with E-state index in [9.17, 15) is 4.39 Å². The smallest absolute Gasteiger partial charge is 0.141 e. The molecule has 4 nitrogen and oxygen atoms in total. The average molecular weight is 297 g/mol. The van der Waals surface area contributed by atoms with Crippen molar-refractivity contribution < 1.29 is 4.39 Å². The van der Waals surface area contributed by atoms with Gasteiger partial charge in [-0.2, -0.15) is 5.10 Å².